The Bertz CT molecular complexity index is 1290. The molecule has 0 bridgehead atoms. The van der Waals surface area contributed by atoms with Gasteiger partial charge in [0.05, 0.1) is 10.6 Å². The molecule has 3 aromatic rings. The quantitative estimate of drug-likeness (QED) is 0.581. The topological polar surface area (TPSA) is 83.4 Å². The van der Waals surface area contributed by atoms with E-state index in [0.29, 0.717) is 42.3 Å². The number of piperidine rings is 1. The minimum atomic E-state index is -0.687. The number of benzene rings is 2. The molecule has 0 saturated carbocycles. The summed E-state index contributed by atoms with van der Waals surface area (Å²) in [7, 11) is 1.85. The van der Waals surface area contributed by atoms with Gasteiger partial charge in [0.25, 0.3) is 5.91 Å². The van der Waals surface area contributed by atoms with Crippen LogP contribution in [0.3, 0.4) is 0 Å². The van der Waals surface area contributed by atoms with E-state index in [1.54, 1.807) is 11.8 Å². The summed E-state index contributed by atoms with van der Waals surface area (Å²) >= 11 is 6.52. The first-order chi connectivity index (χ1) is 16.1. The van der Waals surface area contributed by atoms with Crippen LogP contribution in [0, 0.1) is 6.92 Å². The number of amides is 3. The van der Waals surface area contributed by atoms with Crippen LogP contribution >= 0.6 is 11.6 Å². The van der Waals surface area contributed by atoms with Crippen LogP contribution in [0.4, 0.5) is 5.69 Å². The number of fused-ring (bicyclic) bond motifs is 1. The standard InChI is InChI=1S/C26H29ClN4O3/c1-16-8-9-22-21(24(16)27)15-23(30(22)4)25(34)29-26(10-12-31(13-11-26)18(3)33)19-6-5-7-20(14-19)28-17(2)32/h5-9,14-15H,10-13H2,1-4H3,(H,28,32)(H,29,34). The Morgan fingerprint density at radius 3 is 2.38 bits per heavy atom. The largest absolute Gasteiger partial charge is 0.343 e. The van der Waals surface area contributed by atoms with Gasteiger partial charge in [-0.25, -0.2) is 0 Å². The number of anilines is 1. The van der Waals surface area contributed by atoms with Crippen LogP contribution < -0.4 is 10.6 Å². The zero-order valence-corrected chi connectivity index (χ0v) is 20.6. The van der Waals surface area contributed by atoms with Gasteiger partial charge in [-0.05, 0) is 55.2 Å². The number of likely N-dealkylation sites (tertiary alicyclic amines) is 1. The number of rotatable bonds is 4. The third-order valence-corrected chi connectivity index (χ3v) is 7.24. The molecule has 4 rings (SSSR count). The van der Waals surface area contributed by atoms with Gasteiger partial charge in [0.2, 0.25) is 11.8 Å². The molecule has 1 saturated heterocycles. The summed E-state index contributed by atoms with van der Waals surface area (Å²) in [6.45, 7) is 6.02. The zero-order chi connectivity index (χ0) is 24.6. The van der Waals surface area contributed by atoms with Gasteiger partial charge >= 0.3 is 0 Å². The summed E-state index contributed by atoms with van der Waals surface area (Å²) in [6.07, 6.45) is 1.12. The van der Waals surface area contributed by atoms with Gasteiger partial charge < -0.3 is 20.1 Å². The van der Waals surface area contributed by atoms with Crippen molar-refractivity contribution in [3.8, 4) is 0 Å². The lowest BCUT2D eigenvalue weighted by Crippen LogP contribution is -2.54. The molecule has 0 atom stereocenters. The first-order valence-electron chi connectivity index (χ1n) is 11.3. The van der Waals surface area contributed by atoms with E-state index in [0.717, 1.165) is 22.0 Å². The molecule has 2 heterocycles. The minimum absolute atomic E-state index is 0.0191. The minimum Gasteiger partial charge on any atom is -0.343 e. The van der Waals surface area contributed by atoms with Crippen molar-refractivity contribution < 1.29 is 14.4 Å². The summed E-state index contributed by atoms with van der Waals surface area (Å²) < 4.78 is 1.85. The summed E-state index contributed by atoms with van der Waals surface area (Å²) in [5.41, 5.74) is 3.22. The first kappa shape index (κ1) is 23.8. The van der Waals surface area contributed by atoms with Crippen molar-refractivity contribution in [1.29, 1.82) is 0 Å². The molecule has 0 radical (unpaired) electrons. The van der Waals surface area contributed by atoms with Crippen molar-refractivity contribution in [2.45, 2.75) is 39.2 Å². The molecule has 1 aliphatic heterocycles. The van der Waals surface area contributed by atoms with Crippen LogP contribution in [0.25, 0.3) is 10.9 Å². The smallest absolute Gasteiger partial charge is 0.268 e. The van der Waals surface area contributed by atoms with E-state index in [9.17, 15) is 14.4 Å². The van der Waals surface area contributed by atoms with Crippen molar-refractivity contribution >= 4 is 45.9 Å². The molecule has 3 amide bonds. The highest BCUT2D eigenvalue weighted by atomic mass is 35.5. The van der Waals surface area contributed by atoms with E-state index in [-0.39, 0.29) is 17.7 Å². The number of aryl methyl sites for hydroxylation is 2. The molecular formula is C26H29ClN4O3. The van der Waals surface area contributed by atoms with Crippen LogP contribution in [0.2, 0.25) is 5.02 Å². The van der Waals surface area contributed by atoms with Crippen LogP contribution in [0.5, 0.6) is 0 Å². The maximum absolute atomic E-state index is 13.6. The van der Waals surface area contributed by atoms with Gasteiger partial charge in [-0.1, -0.05) is 29.8 Å². The normalized spacial score (nSPS) is 15.3. The molecule has 7 nitrogen and oxygen atoms in total. The van der Waals surface area contributed by atoms with Crippen molar-refractivity contribution in [2.24, 2.45) is 7.05 Å². The molecule has 0 aliphatic carbocycles. The Kier molecular flexibility index (Phi) is 6.41. The molecule has 0 spiro atoms. The summed E-state index contributed by atoms with van der Waals surface area (Å²) in [4.78, 5) is 39.0. The average molecular weight is 481 g/mol. The lowest BCUT2D eigenvalue weighted by Gasteiger charge is -2.42. The number of carbonyl (C=O) groups excluding carboxylic acids is 3. The fourth-order valence-electron chi connectivity index (χ4n) is 4.77. The van der Waals surface area contributed by atoms with Gasteiger partial charge in [0, 0.05) is 50.6 Å². The van der Waals surface area contributed by atoms with Gasteiger partial charge in [0.15, 0.2) is 0 Å². The highest BCUT2D eigenvalue weighted by molar-refractivity contribution is 6.36. The van der Waals surface area contributed by atoms with Gasteiger partial charge in [-0.2, -0.15) is 0 Å². The van der Waals surface area contributed by atoms with E-state index in [1.165, 1.54) is 6.92 Å². The maximum Gasteiger partial charge on any atom is 0.268 e. The van der Waals surface area contributed by atoms with Crippen molar-refractivity contribution in [3.63, 3.8) is 0 Å². The molecule has 178 valence electrons. The SMILES string of the molecule is CC(=O)Nc1cccc(C2(NC(=O)c3cc4c(Cl)c(C)ccc4n3C)CCN(C(C)=O)CC2)c1. The van der Waals surface area contributed by atoms with Crippen molar-refractivity contribution in [2.75, 3.05) is 18.4 Å². The molecule has 8 heteroatoms. The highest BCUT2D eigenvalue weighted by Crippen LogP contribution is 2.36. The van der Waals surface area contributed by atoms with E-state index in [2.05, 4.69) is 10.6 Å². The molecule has 34 heavy (non-hydrogen) atoms. The molecular weight excluding hydrogens is 452 g/mol. The predicted molar refractivity (Wildman–Crippen MR) is 134 cm³/mol. The van der Waals surface area contributed by atoms with Crippen LogP contribution in [-0.4, -0.2) is 40.3 Å². The van der Waals surface area contributed by atoms with E-state index >= 15 is 0 Å². The lowest BCUT2D eigenvalue weighted by molar-refractivity contribution is -0.130. The number of aromatic nitrogens is 1. The second kappa shape index (κ2) is 9.14. The first-order valence-corrected chi connectivity index (χ1v) is 11.7. The van der Waals surface area contributed by atoms with E-state index < -0.39 is 5.54 Å². The predicted octanol–water partition coefficient (Wildman–Crippen LogP) is 4.37. The fourth-order valence-corrected chi connectivity index (χ4v) is 4.99. The average Bonchev–Trinajstić information content (AvgIpc) is 3.13. The summed E-state index contributed by atoms with van der Waals surface area (Å²) in [5.74, 6) is -0.358. The number of hydrogen-bond acceptors (Lipinski definition) is 3. The second-order valence-corrected chi connectivity index (χ2v) is 9.40. The number of nitrogens with one attached hydrogen (secondary N) is 2. The van der Waals surface area contributed by atoms with Crippen LogP contribution in [-0.2, 0) is 22.2 Å². The Hall–Kier alpha value is -3.32. The van der Waals surface area contributed by atoms with Crippen LogP contribution in [0.15, 0.2) is 42.5 Å². The Balaban J connectivity index is 1.72. The van der Waals surface area contributed by atoms with E-state index in [1.807, 2.05) is 61.0 Å². The Morgan fingerprint density at radius 2 is 1.74 bits per heavy atom. The maximum atomic E-state index is 13.6. The Labute approximate surface area is 204 Å². The number of hydrogen-bond donors (Lipinski definition) is 2. The fraction of sp³-hybridized carbons (Fsp3) is 0.346. The highest BCUT2D eigenvalue weighted by Gasteiger charge is 2.39. The Morgan fingerprint density at radius 1 is 1.03 bits per heavy atom. The zero-order valence-electron chi connectivity index (χ0n) is 19.9. The number of nitrogens with zero attached hydrogens (tertiary/aromatic N) is 2. The third-order valence-electron chi connectivity index (χ3n) is 6.74. The van der Waals surface area contributed by atoms with Gasteiger partial charge in [-0.3, -0.25) is 14.4 Å². The summed E-state index contributed by atoms with van der Waals surface area (Å²) in [5, 5.41) is 7.58. The van der Waals surface area contributed by atoms with Crippen molar-refractivity contribution in [3.05, 3.63) is 64.3 Å². The van der Waals surface area contributed by atoms with Crippen LogP contribution in [0.1, 0.15) is 48.3 Å². The molecule has 2 aromatic carbocycles. The van der Waals surface area contributed by atoms with E-state index in [4.69, 9.17) is 11.6 Å². The molecule has 1 aliphatic rings. The lowest BCUT2D eigenvalue weighted by atomic mass is 9.80. The molecule has 0 unspecified atom stereocenters. The number of carbonyl (C=O) groups is 3. The molecule has 1 aromatic heterocycles. The molecule has 1 fully saturated rings. The molecule has 2 N–H and O–H groups in total. The monoisotopic (exact) mass is 480 g/mol. The van der Waals surface area contributed by atoms with Gasteiger partial charge in [0.1, 0.15) is 5.69 Å². The summed E-state index contributed by atoms with van der Waals surface area (Å²) in [6, 6.07) is 13.3. The van der Waals surface area contributed by atoms with Gasteiger partial charge in [-0.15, -0.1) is 0 Å². The third kappa shape index (κ3) is 4.40. The second-order valence-electron chi connectivity index (χ2n) is 9.02. The van der Waals surface area contributed by atoms with Crippen molar-refractivity contribution in [1.82, 2.24) is 14.8 Å². The number of halogens is 1.